The van der Waals surface area contributed by atoms with Gasteiger partial charge in [0.25, 0.3) is 0 Å². The van der Waals surface area contributed by atoms with Gasteiger partial charge in [0, 0.05) is 25.4 Å². The van der Waals surface area contributed by atoms with Gasteiger partial charge in [-0.2, -0.15) is 0 Å². The van der Waals surface area contributed by atoms with E-state index in [1.165, 1.54) is 0 Å². The molecular formula is C14H14Cl2N2O2. The van der Waals surface area contributed by atoms with Crippen molar-refractivity contribution in [3.05, 3.63) is 24.3 Å². The molecule has 1 unspecified atom stereocenters. The number of halogens is 2. The van der Waals surface area contributed by atoms with Crippen LogP contribution in [0.4, 0.5) is 11.4 Å². The van der Waals surface area contributed by atoms with Gasteiger partial charge in [-0.25, -0.2) is 0 Å². The average Bonchev–Trinajstić information content (AvgIpc) is 3.07. The number of hydrogen-bond donors (Lipinski definition) is 0. The Kier molecular flexibility index (Phi) is 3.38. The van der Waals surface area contributed by atoms with E-state index in [9.17, 15) is 9.59 Å². The summed E-state index contributed by atoms with van der Waals surface area (Å²) in [5.74, 6) is 0.0865. The molecule has 1 saturated carbocycles. The van der Waals surface area contributed by atoms with E-state index in [2.05, 4.69) is 0 Å². The zero-order chi connectivity index (χ0) is 14.3. The fourth-order valence-corrected chi connectivity index (χ4v) is 3.05. The van der Waals surface area contributed by atoms with Gasteiger partial charge in [-0.1, -0.05) is 12.1 Å². The lowest BCUT2D eigenvalue weighted by Crippen LogP contribution is -2.33. The third kappa shape index (κ3) is 2.38. The van der Waals surface area contributed by atoms with Crippen molar-refractivity contribution in [2.75, 3.05) is 22.9 Å². The molecule has 4 nitrogen and oxygen atoms in total. The lowest BCUT2D eigenvalue weighted by Gasteiger charge is -2.24. The molecular weight excluding hydrogens is 299 g/mol. The number of alkyl halides is 2. The molecule has 0 aromatic heterocycles. The van der Waals surface area contributed by atoms with Crippen LogP contribution in [0.1, 0.15) is 12.8 Å². The third-order valence-electron chi connectivity index (χ3n) is 3.84. The summed E-state index contributed by atoms with van der Waals surface area (Å²) in [7, 11) is 0. The van der Waals surface area contributed by atoms with E-state index in [0.29, 0.717) is 25.9 Å². The minimum absolute atomic E-state index is 0.00201. The number of anilines is 2. The number of carbonyl (C=O) groups is 2. The average molecular weight is 313 g/mol. The van der Waals surface area contributed by atoms with Gasteiger partial charge in [0.1, 0.15) is 4.33 Å². The number of rotatable bonds is 3. The van der Waals surface area contributed by atoms with E-state index in [-0.39, 0.29) is 11.8 Å². The summed E-state index contributed by atoms with van der Waals surface area (Å²) in [4.78, 5) is 26.8. The SMILES string of the molecule is O=CN1CCC(=O)N(CC2CC2(Cl)Cl)c2ccccc21. The van der Waals surface area contributed by atoms with Crippen molar-refractivity contribution in [2.24, 2.45) is 5.92 Å². The van der Waals surface area contributed by atoms with E-state index >= 15 is 0 Å². The summed E-state index contributed by atoms with van der Waals surface area (Å²) in [5, 5.41) is 0. The Bertz CT molecular complexity index is 562. The van der Waals surface area contributed by atoms with Gasteiger partial charge in [-0.05, 0) is 18.6 Å². The highest BCUT2D eigenvalue weighted by atomic mass is 35.5. The molecule has 0 N–H and O–H groups in total. The van der Waals surface area contributed by atoms with Crippen LogP contribution >= 0.6 is 23.2 Å². The number of benzene rings is 1. The van der Waals surface area contributed by atoms with Gasteiger partial charge < -0.3 is 9.80 Å². The molecule has 1 aromatic rings. The summed E-state index contributed by atoms with van der Waals surface area (Å²) >= 11 is 12.1. The second-order valence-corrected chi connectivity index (χ2v) is 6.75. The fraction of sp³-hybridized carbons (Fsp3) is 0.429. The van der Waals surface area contributed by atoms with Crippen LogP contribution in [-0.4, -0.2) is 29.7 Å². The van der Waals surface area contributed by atoms with Gasteiger partial charge in [-0.15, -0.1) is 23.2 Å². The molecule has 6 heteroatoms. The first-order valence-electron chi connectivity index (χ1n) is 6.52. The first kappa shape index (κ1) is 13.7. The highest BCUT2D eigenvalue weighted by Gasteiger charge is 2.52. The van der Waals surface area contributed by atoms with E-state index in [1.54, 1.807) is 9.80 Å². The maximum absolute atomic E-state index is 12.3. The molecule has 3 rings (SSSR count). The predicted molar refractivity (Wildman–Crippen MR) is 79.4 cm³/mol. The van der Waals surface area contributed by atoms with Crippen molar-refractivity contribution < 1.29 is 9.59 Å². The van der Waals surface area contributed by atoms with Crippen molar-refractivity contribution in [1.29, 1.82) is 0 Å². The maximum atomic E-state index is 12.3. The summed E-state index contributed by atoms with van der Waals surface area (Å²) in [6, 6.07) is 7.40. The minimum Gasteiger partial charge on any atom is -0.312 e. The Morgan fingerprint density at radius 3 is 2.55 bits per heavy atom. The Morgan fingerprint density at radius 2 is 1.95 bits per heavy atom. The van der Waals surface area contributed by atoms with Gasteiger partial charge in [0.2, 0.25) is 12.3 Å². The topological polar surface area (TPSA) is 40.6 Å². The molecule has 0 radical (unpaired) electrons. The van der Waals surface area contributed by atoms with Crippen LogP contribution < -0.4 is 9.80 Å². The summed E-state index contributed by atoms with van der Waals surface area (Å²) in [6.07, 6.45) is 1.76. The molecule has 20 heavy (non-hydrogen) atoms. The van der Waals surface area contributed by atoms with E-state index < -0.39 is 4.33 Å². The molecule has 1 aliphatic carbocycles. The Balaban J connectivity index is 1.94. The number of para-hydroxylation sites is 2. The van der Waals surface area contributed by atoms with Crippen molar-refractivity contribution in [3.8, 4) is 0 Å². The van der Waals surface area contributed by atoms with Crippen LogP contribution in [0.5, 0.6) is 0 Å². The van der Waals surface area contributed by atoms with Crippen LogP contribution in [0.3, 0.4) is 0 Å². The normalized spacial score (nSPS) is 24.1. The molecule has 2 aliphatic rings. The molecule has 1 fully saturated rings. The number of nitrogens with zero attached hydrogens (tertiary/aromatic N) is 2. The number of amides is 2. The van der Waals surface area contributed by atoms with Crippen molar-refractivity contribution in [2.45, 2.75) is 17.2 Å². The van der Waals surface area contributed by atoms with Gasteiger partial charge in [0.15, 0.2) is 0 Å². The van der Waals surface area contributed by atoms with E-state index in [4.69, 9.17) is 23.2 Å². The molecule has 1 aromatic carbocycles. The highest BCUT2D eigenvalue weighted by molar-refractivity contribution is 6.50. The van der Waals surface area contributed by atoms with Gasteiger partial charge in [-0.3, -0.25) is 9.59 Å². The second kappa shape index (κ2) is 4.93. The van der Waals surface area contributed by atoms with Crippen LogP contribution in [0.25, 0.3) is 0 Å². The van der Waals surface area contributed by atoms with Crippen LogP contribution in [0, 0.1) is 5.92 Å². The first-order chi connectivity index (χ1) is 9.53. The van der Waals surface area contributed by atoms with Crippen LogP contribution in [0.15, 0.2) is 24.3 Å². The number of carbonyl (C=O) groups excluding carboxylic acids is 2. The Labute approximate surface area is 127 Å². The zero-order valence-corrected chi connectivity index (χ0v) is 12.3. The largest absolute Gasteiger partial charge is 0.312 e. The van der Waals surface area contributed by atoms with Crippen molar-refractivity contribution in [3.63, 3.8) is 0 Å². The fourth-order valence-electron chi connectivity index (χ4n) is 2.54. The minimum atomic E-state index is -0.716. The van der Waals surface area contributed by atoms with Gasteiger partial charge in [0.05, 0.1) is 11.4 Å². The van der Waals surface area contributed by atoms with Crippen LogP contribution in [0.2, 0.25) is 0 Å². The molecule has 1 atom stereocenters. The molecule has 0 saturated heterocycles. The van der Waals surface area contributed by atoms with E-state index in [0.717, 1.165) is 17.8 Å². The summed E-state index contributed by atoms with van der Waals surface area (Å²) in [6.45, 7) is 0.892. The van der Waals surface area contributed by atoms with Gasteiger partial charge >= 0.3 is 0 Å². The number of hydrogen-bond acceptors (Lipinski definition) is 2. The lowest BCUT2D eigenvalue weighted by molar-refractivity contribution is -0.118. The maximum Gasteiger partial charge on any atom is 0.228 e. The zero-order valence-electron chi connectivity index (χ0n) is 10.8. The summed E-state index contributed by atoms with van der Waals surface area (Å²) < 4.78 is -0.716. The summed E-state index contributed by atoms with van der Waals surface area (Å²) in [5.41, 5.74) is 1.50. The molecule has 106 valence electrons. The number of fused-ring (bicyclic) bond motifs is 1. The quantitative estimate of drug-likeness (QED) is 0.636. The molecule has 0 bridgehead atoms. The smallest absolute Gasteiger partial charge is 0.228 e. The lowest BCUT2D eigenvalue weighted by atomic mass is 10.2. The standard InChI is InChI=1S/C14H14Cl2N2O2/c15-14(16)7-10(14)8-18-12-4-2-1-3-11(12)17(9-19)6-5-13(18)20/h1-4,9-10H,5-8H2. The third-order valence-corrected chi connectivity index (χ3v) is 4.76. The second-order valence-electron chi connectivity index (χ2n) is 5.20. The van der Waals surface area contributed by atoms with Crippen LogP contribution in [-0.2, 0) is 9.59 Å². The molecule has 2 amide bonds. The Hall–Kier alpha value is -1.26. The monoisotopic (exact) mass is 312 g/mol. The first-order valence-corrected chi connectivity index (χ1v) is 7.27. The molecule has 0 spiro atoms. The molecule has 1 aliphatic heterocycles. The van der Waals surface area contributed by atoms with Crippen molar-refractivity contribution in [1.82, 2.24) is 0 Å². The van der Waals surface area contributed by atoms with E-state index in [1.807, 2.05) is 24.3 Å². The highest BCUT2D eigenvalue weighted by Crippen LogP contribution is 2.54. The van der Waals surface area contributed by atoms with Crippen molar-refractivity contribution >= 4 is 46.9 Å². The molecule has 1 heterocycles. The Morgan fingerprint density at radius 1 is 1.30 bits per heavy atom. The predicted octanol–water partition coefficient (Wildman–Crippen LogP) is 2.58.